The van der Waals surface area contributed by atoms with E-state index in [0.29, 0.717) is 12.1 Å². The van der Waals surface area contributed by atoms with Gasteiger partial charge in [-0.05, 0) is 58.2 Å². The molecule has 1 aliphatic heterocycles. The number of ether oxygens (including phenoxy) is 1. The molecule has 18 heavy (non-hydrogen) atoms. The van der Waals surface area contributed by atoms with Crippen LogP contribution in [0.4, 0.5) is 0 Å². The lowest BCUT2D eigenvalue weighted by atomic mass is 9.98. The molecule has 0 aliphatic carbocycles. The molecule has 0 bridgehead atoms. The topological polar surface area (TPSA) is 34.1 Å². The second-order valence-electron chi connectivity index (χ2n) is 5.18. The molecule has 3 heteroatoms. The Morgan fingerprint density at radius 3 is 2.89 bits per heavy atom. The zero-order valence-electron chi connectivity index (χ0n) is 11.7. The van der Waals surface area contributed by atoms with E-state index in [4.69, 9.17) is 4.74 Å². The third-order valence-electron chi connectivity index (χ3n) is 3.79. The van der Waals surface area contributed by atoms with Gasteiger partial charge in [0.1, 0.15) is 0 Å². The normalized spacial score (nSPS) is 21.2. The molecule has 0 radical (unpaired) electrons. The van der Waals surface area contributed by atoms with Gasteiger partial charge in [0.05, 0.1) is 6.10 Å². The molecule has 1 saturated heterocycles. The minimum Gasteiger partial charge on any atom is -0.378 e. The lowest BCUT2D eigenvalue weighted by Crippen LogP contribution is -2.20. The maximum atomic E-state index is 5.69. The Bertz CT molecular complexity index is 386. The minimum atomic E-state index is 0.391. The van der Waals surface area contributed by atoms with Gasteiger partial charge in [0.2, 0.25) is 0 Å². The number of hydrogen-bond donors (Lipinski definition) is 1. The first-order chi connectivity index (χ1) is 8.70. The van der Waals surface area contributed by atoms with Crippen LogP contribution in [0, 0.1) is 13.8 Å². The van der Waals surface area contributed by atoms with Crippen molar-refractivity contribution in [1.29, 1.82) is 0 Å². The van der Waals surface area contributed by atoms with Crippen LogP contribution in [0.2, 0.25) is 0 Å². The van der Waals surface area contributed by atoms with Gasteiger partial charge in [-0.1, -0.05) is 6.07 Å². The smallest absolute Gasteiger partial charge is 0.0576 e. The van der Waals surface area contributed by atoms with Crippen molar-refractivity contribution in [2.75, 3.05) is 13.7 Å². The first-order valence-corrected chi connectivity index (χ1v) is 6.93. The van der Waals surface area contributed by atoms with Gasteiger partial charge in [0, 0.05) is 24.0 Å². The highest BCUT2D eigenvalue weighted by Gasteiger charge is 2.19. The van der Waals surface area contributed by atoms with Gasteiger partial charge in [-0.25, -0.2) is 0 Å². The Kier molecular flexibility index (Phi) is 4.72. The fourth-order valence-corrected chi connectivity index (χ4v) is 2.75. The summed E-state index contributed by atoms with van der Waals surface area (Å²) in [5.41, 5.74) is 3.55. The van der Waals surface area contributed by atoms with E-state index in [1.54, 1.807) is 0 Å². The average Bonchev–Trinajstić information content (AvgIpc) is 2.85. The van der Waals surface area contributed by atoms with Gasteiger partial charge in [0.25, 0.3) is 0 Å². The molecule has 2 unspecified atom stereocenters. The molecule has 1 N–H and O–H groups in total. The van der Waals surface area contributed by atoms with Crippen LogP contribution in [-0.2, 0) is 4.74 Å². The molecule has 0 spiro atoms. The number of aromatic nitrogens is 1. The summed E-state index contributed by atoms with van der Waals surface area (Å²) in [7, 11) is 2.03. The van der Waals surface area contributed by atoms with Crippen LogP contribution in [0.5, 0.6) is 0 Å². The monoisotopic (exact) mass is 248 g/mol. The fraction of sp³-hybridized carbons (Fsp3) is 0.667. The highest BCUT2D eigenvalue weighted by molar-refractivity contribution is 5.25. The lowest BCUT2D eigenvalue weighted by molar-refractivity contribution is 0.0998. The lowest BCUT2D eigenvalue weighted by Gasteiger charge is -2.20. The van der Waals surface area contributed by atoms with Gasteiger partial charge < -0.3 is 10.1 Å². The van der Waals surface area contributed by atoms with Crippen molar-refractivity contribution in [2.45, 2.75) is 51.7 Å². The molecule has 0 aromatic carbocycles. The summed E-state index contributed by atoms with van der Waals surface area (Å²) in [6, 6.07) is 4.69. The number of nitrogens with one attached hydrogen (secondary N) is 1. The third-order valence-corrected chi connectivity index (χ3v) is 3.79. The molecular weight excluding hydrogens is 224 g/mol. The van der Waals surface area contributed by atoms with E-state index < -0.39 is 0 Å². The molecule has 2 heterocycles. The summed E-state index contributed by atoms with van der Waals surface area (Å²) in [5, 5.41) is 3.41. The quantitative estimate of drug-likeness (QED) is 0.870. The summed E-state index contributed by atoms with van der Waals surface area (Å²) in [6.45, 7) is 5.08. The Labute approximate surface area is 110 Å². The number of hydrogen-bond acceptors (Lipinski definition) is 3. The Morgan fingerprint density at radius 1 is 1.44 bits per heavy atom. The second-order valence-corrected chi connectivity index (χ2v) is 5.18. The summed E-state index contributed by atoms with van der Waals surface area (Å²) in [5.74, 6) is 0. The van der Waals surface area contributed by atoms with E-state index in [9.17, 15) is 0 Å². The van der Waals surface area contributed by atoms with Gasteiger partial charge in [-0.3, -0.25) is 4.98 Å². The van der Waals surface area contributed by atoms with Crippen molar-refractivity contribution in [2.24, 2.45) is 0 Å². The van der Waals surface area contributed by atoms with Gasteiger partial charge in [-0.15, -0.1) is 0 Å². The van der Waals surface area contributed by atoms with Crippen LogP contribution in [0.15, 0.2) is 12.1 Å². The Balaban J connectivity index is 1.98. The third kappa shape index (κ3) is 3.30. The predicted octanol–water partition coefficient (Wildman–Crippen LogP) is 2.92. The van der Waals surface area contributed by atoms with E-state index in [0.717, 1.165) is 30.8 Å². The highest BCUT2D eigenvalue weighted by Crippen LogP contribution is 2.25. The van der Waals surface area contributed by atoms with Crippen molar-refractivity contribution in [3.05, 3.63) is 29.1 Å². The van der Waals surface area contributed by atoms with Crippen LogP contribution in [0.3, 0.4) is 0 Å². The van der Waals surface area contributed by atoms with Crippen LogP contribution in [0.1, 0.15) is 48.7 Å². The highest BCUT2D eigenvalue weighted by atomic mass is 16.5. The largest absolute Gasteiger partial charge is 0.378 e. The van der Waals surface area contributed by atoms with Crippen LogP contribution < -0.4 is 5.32 Å². The fourth-order valence-electron chi connectivity index (χ4n) is 2.75. The van der Waals surface area contributed by atoms with Crippen molar-refractivity contribution in [3.8, 4) is 0 Å². The van der Waals surface area contributed by atoms with Gasteiger partial charge in [0.15, 0.2) is 0 Å². The first-order valence-electron chi connectivity index (χ1n) is 6.93. The summed E-state index contributed by atoms with van der Waals surface area (Å²) in [6.07, 6.45) is 5.17. The first kappa shape index (κ1) is 13.5. The van der Waals surface area contributed by atoms with E-state index in [2.05, 4.69) is 29.4 Å². The molecule has 2 atom stereocenters. The van der Waals surface area contributed by atoms with Crippen LogP contribution in [-0.4, -0.2) is 24.7 Å². The summed E-state index contributed by atoms with van der Waals surface area (Å²) < 4.78 is 5.69. The zero-order chi connectivity index (χ0) is 13.0. The van der Waals surface area contributed by atoms with Crippen molar-refractivity contribution in [1.82, 2.24) is 10.3 Å². The van der Waals surface area contributed by atoms with Crippen LogP contribution >= 0.6 is 0 Å². The number of pyridine rings is 1. The van der Waals surface area contributed by atoms with Gasteiger partial charge in [-0.2, -0.15) is 0 Å². The van der Waals surface area contributed by atoms with Gasteiger partial charge >= 0.3 is 0 Å². The average molecular weight is 248 g/mol. The molecule has 100 valence electrons. The van der Waals surface area contributed by atoms with E-state index >= 15 is 0 Å². The minimum absolute atomic E-state index is 0.391. The number of aryl methyl sites for hydroxylation is 2. The SMILES string of the molecule is CNC(CCC1CCCO1)c1ccc(C)nc1C. The maximum Gasteiger partial charge on any atom is 0.0576 e. The molecule has 0 saturated carbocycles. The number of rotatable bonds is 5. The molecule has 1 fully saturated rings. The standard InChI is InChI=1S/C15H24N2O/c1-11-6-8-14(12(2)17-11)15(16-3)9-7-13-5-4-10-18-13/h6,8,13,15-16H,4-5,7,9-10H2,1-3H3. The Morgan fingerprint density at radius 2 is 2.28 bits per heavy atom. The maximum absolute atomic E-state index is 5.69. The molecule has 1 aromatic heterocycles. The summed E-state index contributed by atoms with van der Waals surface area (Å²) in [4.78, 5) is 4.55. The van der Waals surface area contributed by atoms with Crippen molar-refractivity contribution in [3.63, 3.8) is 0 Å². The van der Waals surface area contributed by atoms with E-state index in [1.807, 2.05) is 14.0 Å². The second kappa shape index (κ2) is 6.30. The van der Waals surface area contributed by atoms with E-state index in [1.165, 1.54) is 18.4 Å². The molecule has 1 aromatic rings. The predicted molar refractivity (Wildman–Crippen MR) is 73.7 cm³/mol. The molecule has 2 rings (SSSR count). The zero-order valence-corrected chi connectivity index (χ0v) is 11.7. The van der Waals surface area contributed by atoms with Crippen molar-refractivity contribution >= 4 is 0 Å². The van der Waals surface area contributed by atoms with E-state index in [-0.39, 0.29) is 0 Å². The summed E-state index contributed by atoms with van der Waals surface area (Å²) >= 11 is 0. The van der Waals surface area contributed by atoms with Crippen LogP contribution in [0.25, 0.3) is 0 Å². The molecule has 1 aliphatic rings. The Hall–Kier alpha value is -0.930. The molecule has 3 nitrogen and oxygen atoms in total. The number of nitrogens with zero attached hydrogens (tertiary/aromatic N) is 1. The molecule has 0 amide bonds. The van der Waals surface area contributed by atoms with Crippen molar-refractivity contribution < 1.29 is 4.74 Å². The molecular formula is C15H24N2O.